The highest BCUT2D eigenvalue weighted by molar-refractivity contribution is 5.86. The van der Waals surface area contributed by atoms with E-state index in [9.17, 15) is 4.79 Å². The largest absolute Gasteiger partial charge is 0.361 e. The number of aromatic amines is 1. The molecule has 1 aromatic heterocycles. The van der Waals surface area contributed by atoms with Crippen LogP contribution in [-0.2, 0) is 11.2 Å². The van der Waals surface area contributed by atoms with Crippen LogP contribution in [0.5, 0.6) is 0 Å². The number of amides is 1. The Labute approximate surface area is 149 Å². The van der Waals surface area contributed by atoms with Crippen LogP contribution in [0.3, 0.4) is 0 Å². The van der Waals surface area contributed by atoms with Gasteiger partial charge in [0.25, 0.3) is 0 Å². The molecule has 0 spiro atoms. The van der Waals surface area contributed by atoms with Gasteiger partial charge < -0.3 is 16.0 Å². The maximum absolute atomic E-state index is 12.5. The number of carbonyl (C=O) groups excluding carboxylic acids is 1. The van der Waals surface area contributed by atoms with Crippen molar-refractivity contribution >= 4 is 29.2 Å². The third-order valence-electron chi connectivity index (χ3n) is 5.97. The van der Waals surface area contributed by atoms with Crippen LogP contribution in [0.1, 0.15) is 30.4 Å². The van der Waals surface area contributed by atoms with Crippen LogP contribution in [0.2, 0.25) is 0 Å². The molecule has 24 heavy (non-hydrogen) atoms. The first-order valence-electron chi connectivity index (χ1n) is 8.74. The molecule has 1 heterocycles. The molecule has 2 aromatic rings. The van der Waals surface area contributed by atoms with Gasteiger partial charge in [0.05, 0.1) is 5.92 Å². The zero-order valence-corrected chi connectivity index (χ0v) is 14.9. The number of fused-ring (bicyclic) bond motifs is 3. The minimum atomic E-state index is 0. The smallest absolute Gasteiger partial charge is 0.224 e. The summed E-state index contributed by atoms with van der Waals surface area (Å²) in [4.78, 5) is 15.8. The minimum absolute atomic E-state index is 0. The summed E-state index contributed by atoms with van der Waals surface area (Å²) in [7, 11) is 0. The summed E-state index contributed by atoms with van der Waals surface area (Å²) in [5.41, 5.74) is 9.98. The van der Waals surface area contributed by atoms with E-state index in [0.29, 0.717) is 18.4 Å². The Balaban J connectivity index is 0.00000169. The normalized spacial score (nSPS) is 28.1. The van der Waals surface area contributed by atoms with E-state index >= 15 is 0 Å². The van der Waals surface area contributed by atoms with Gasteiger partial charge >= 0.3 is 0 Å². The first-order chi connectivity index (χ1) is 11.1. The van der Waals surface area contributed by atoms with Crippen LogP contribution in [-0.4, -0.2) is 23.5 Å². The lowest BCUT2D eigenvalue weighted by Gasteiger charge is -2.27. The summed E-state index contributed by atoms with van der Waals surface area (Å²) in [6, 6.07) is 6.37. The molecule has 2 aliphatic carbocycles. The van der Waals surface area contributed by atoms with Crippen molar-refractivity contribution in [2.45, 2.75) is 38.6 Å². The summed E-state index contributed by atoms with van der Waals surface area (Å²) in [6.45, 7) is 2.81. The number of nitrogens with one attached hydrogen (secondary N) is 2. The van der Waals surface area contributed by atoms with Crippen molar-refractivity contribution in [1.82, 2.24) is 10.3 Å². The lowest BCUT2D eigenvalue weighted by molar-refractivity contribution is -0.127. The number of halogens is 1. The second-order valence-electron chi connectivity index (χ2n) is 7.29. The van der Waals surface area contributed by atoms with Gasteiger partial charge in [0.1, 0.15) is 0 Å². The molecule has 1 aromatic carbocycles. The molecule has 2 saturated carbocycles. The Kier molecular flexibility index (Phi) is 4.88. The van der Waals surface area contributed by atoms with Gasteiger partial charge in [0.2, 0.25) is 5.91 Å². The van der Waals surface area contributed by atoms with Crippen molar-refractivity contribution in [3.05, 3.63) is 35.5 Å². The zero-order valence-electron chi connectivity index (χ0n) is 14.0. The lowest BCUT2D eigenvalue weighted by Crippen LogP contribution is -2.45. The summed E-state index contributed by atoms with van der Waals surface area (Å²) >= 11 is 0. The molecule has 4 N–H and O–H groups in total. The van der Waals surface area contributed by atoms with Crippen LogP contribution >= 0.6 is 12.4 Å². The molecule has 2 bridgehead atoms. The number of H-pyrrole nitrogens is 1. The molecular formula is C19H26ClN3O. The highest BCUT2D eigenvalue weighted by Crippen LogP contribution is 2.47. The van der Waals surface area contributed by atoms with E-state index in [4.69, 9.17) is 5.73 Å². The van der Waals surface area contributed by atoms with Crippen molar-refractivity contribution in [2.24, 2.45) is 23.5 Å². The second-order valence-corrected chi connectivity index (χ2v) is 7.29. The second kappa shape index (κ2) is 6.77. The lowest BCUT2D eigenvalue weighted by atomic mass is 9.84. The molecule has 4 rings (SSSR count). The number of aryl methyl sites for hydroxylation is 1. The van der Waals surface area contributed by atoms with Crippen LogP contribution in [0.15, 0.2) is 24.4 Å². The van der Waals surface area contributed by atoms with Gasteiger partial charge in [-0.3, -0.25) is 4.79 Å². The molecule has 4 nitrogen and oxygen atoms in total. The first-order valence-corrected chi connectivity index (χ1v) is 8.74. The number of aromatic nitrogens is 1. The van der Waals surface area contributed by atoms with Crippen LogP contribution in [0, 0.1) is 24.7 Å². The average molecular weight is 348 g/mol. The SMILES string of the molecule is Cc1cccc2[nH]cc(CCNC(=O)C3C4CCC(C4)C3N)c12.Cl. The summed E-state index contributed by atoms with van der Waals surface area (Å²) in [5, 5.41) is 4.42. The number of nitrogens with two attached hydrogens (primary N) is 1. The van der Waals surface area contributed by atoms with Crippen LogP contribution in [0.25, 0.3) is 10.9 Å². The summed E-state index contributed by atoms with van der Waals surface area (Å²) in [5.74, 6) is 1.30. The van der Waals surface area contributed by atoms with E-state index in [1.54, 1.807) is 0 Å². The fourth-order valence-corrected chi connectivity index (χ4v) is 4.81. The monoisotopic (exact) mass is 347 g/mol. The number of hydrogen-bond acceptors (Lipinski definition) is 2. The van der Waals surface area contributed by atoms with Crippen molar-refractivity contribution in [3.63, 3.8) is 0 Å². The maximum Gasteiger partial charge on any atom is 0.224 e. The summed E-state index contributed by atoms with van der Waals surface area (Å²) < 4.78 is 0. The molecule has 130 valence electrons. The Morgan fingerprint density at radius 3 is 2.88 bits per heavy atom. The molecule has 4 unspecified atom stereocenters. The highest BCUT2D eigenvalue weighted by atomic mass is 35.5. The van der Waals surface area contributed by atoms with Gasteiger partial charge in [-0.25, -0.2) is 0 Å². The van der Waals surface area contributed by atoms with Crippen LogP contribution in [0.4, 0.5) is 0 Å². The van der Waals surface area contributed by atoms with Gasteiger partial charge in [-0.15, -0.1) is 12.4 Å². The topological polar surface area (TPSA) is 70.9 Å². The van der Waals surface area contributed by atoms with E-state index in [1.807, 2.05) is 0 Å². The van der Waals surface area contributed by atoms with Gasteiger partial charge in [-0.2, -0.15) is 0 Å². The standard InChI is InChI=1S/C19H25N3O.ClH/c1-11-3-2-4-15-16(11)14(10-22-15)7-8-21-19(23)17-12-5-6-13(9-12)18(17)20;/h2-4,10,12-13,17-18,22H,5-9,20H2,1H3,(H,21,23);1H. The third kappa shape index (κ3) is 2.82. The fourth-order valence-electron chi connectivity index (χ4n) is 4.81. The third-order valence-corrected chi connectivity index (χ3v) is 5.97. The molecule has 0 saturated heterocycles. The number of rotatable bonds is 4. The Hall–Kier alpha value is -1.52. The molecule has 2 aliphatic rings. The van der Waals surface area contributed by atoms with Crippen molar-refractivity contribution in [1.29, 1.82) is 0 Å². The number of benzene rings is 1. The minimum Gasteiger partial charge on any atom is -0.361 e. The predicted molar refractivity (Wildman–Crippen MR) is 99.3 cm³/mol. The zero-order chi connectivity index (χ0) is 16.0. The average Bonchev–Trinajstić information content (AvgIpc) is 3.22. The predicted octanol–water partition coefficient (Wildman–Crippen LogP) is 2.93. The molecule has 2 fully saturated rings. The summed E-state index contributed by atoms with van der Waals surface area (Å²) in [6.07, 6.45) is 6.46. The molecule has 1 amide bonds. The van der Waals surface area contributed by atoms with Gasteiger partial charge in [-0.1, -0.05) is 12.1 Å². The van der Waals surface area contributed by atoms with Crippen LogP contribution < -0.4 is 11.1 Å². The van der Waals surface area contributed by atoms with Crippen molar-refractivity contribution in [3.8, 4) is 0 Å². The fraction of sp³-hybridized carbons (Fsp3) is 0.526. The first kappa shape index (κ1) is 17.3. The Morgan fingerprint density at radius 1 is 1.33 bits per heavy atom. The molecule has 4 atom stereocenters. The van der Waals surface area contributed by atoms with E-state index < -0.39 is 0 Å². The Morgan fingerprint density at radius 2 is 2.12 bits per heavy atom. The molecular weight excluding hydrogens is 322 g/mol. The van der Waals surface area contributed by atoms with E-state index in [2.05, 4.69) is 41.6 Å². The Bertz CT molecular complexity index is 739. The maximum atomic E-state index is 12.5. The molecule has 0 radical (unpaired) electrons. The van der Waals surface area contributed by atoms with Crippen molar-refractivity contribution in [2.75, 3.05) is 6.54 Å². The highest BCUT2D eigenvalue weighted by Gasteiger charge is 2.48. The van der Waals surface area contributed by atoms with Gasteiger partial charge in [0, 0.05) is 29.7 Å². The quantitative estimate of drug-likeness (QED) is 0.795. The van der Waals surface area contributed by atoms with E-state index in [0.717, 1.165) is 12.8 Å². The number of carbonyl (C=O) groups is 1. The van der Waals surface area contributed by atoms with E-state index in [1.165, 1.54) is 34.9 Å². The van der Waals surface area contributed by atoms with E-state index in [-0.39, 0.29) is 30.3 Å². The number of hydrogen-bond donors (Lipinski definition) is 3. The molecule has 5 heteroatoms. The van der Waals surface area contributed by atoms with Crippen molar-refractivity contribution < 1.29 is 4.79 Å². The van der Waals surface area contributed by atoms with Gasteiger partial charge in [-0.05, 0) is 61.6 Å². The van der Waals surface area contributed by atoms with Gasteiger partial charge in [0.15, 0.2) is 0 Å². The molecule has 0 aliphatic heterocycles.